The minimum absolute atomic E-state index is 0.0299. The number of hydrogen-bond donors (Lipinski definition) is 0. The molecule has 0 unspecified atom stereocenters. The van der Waals surface area contributed by atoms with Crippen molar-refractivity contribution in [3.63, 3.8) is 0 Å². The Morgan fingerprint density at radius 1 is 0.365 bits per heavy atom. The molecule has 1 aliphatic carbocycles. The fourth-order valence-electron chi connectivity index (χ4n) is 8.00. The van der Waals surface area contributed by atoms with Gasteiger partial charge in [0.05, 0.1) is 11.7 Å². The molecular formula is C47H30N2S3. The fourth-order valence-corrected chi connectivity index (χ4v) is 11.4. The van der Waals surface area contributed by atoms with Gasteiger partial charge < -0.3 is 0 Å². The van der Waals surface area contributed by atoms with Crippen LogP contribution < -0.4 is 0 Å². The molecule has 9 aliphatic heterocycles. The molecule has 10 aliphatic rings. The number of aromatic nitrogens is 2. The van der Waals surface area contributed by atoms with Crippen LogP contribution in [0.1, 0.15) is 25.0 Å². The molecule has 5 heteroatoms. The third-order valence-corrected chi connectivity index (χ3v) is 14.1. The first kappa shape index (κ1) is 30.2. The van der Waals surface area contributed by atoms with E-state index in [-0.39, 0.29) is 5.41 Å². The number of fused-ring (bicyclic) bond motifs is 1. The van der Waals surface area contributed by atoms with Gasteiger partial charge in [-0.3, -0.25) is 0 Å². The molecule has 3 aromatic heterocycles. The Morgan fingerprint density at radius 3 is 0.981 bits per heavy atom. The topological polar surface area (TPSA) is 25.8 Å². The lowest BCUT2D eigenvalue weighted by Crippen LogP contribution is -2.13. The second-order valence-corrected chi connectivity index (χ2v) is 17.0. The first-order chi connectivity index (χ1) is 25.5. The lowest BCUT2D eigenvalue weighted by Gasteiger charge is -2.19. The van der Waals surface area contributed by atoms with Crippen LogP contribution in [-0.2, 0) is 5.41 Å². The van der Waals surface area contributed by atoms with Crippen molar-refractivity contribution in [3.05, 3.63) is 157 Å². The lowest BCUT2D eigenvalue weighted by atomic mass is 9.83. The largest absolute Gasteiger partial charge is 0.172 e. The predicted octanol–water partition coefficient (Wildman–Crippen LogP) is 14.1. The first-order valence-electron chi connectivity index (χ1n) is 17.6. The van der Waals surface area contributed by atoms with E-state index in [0.717, 1.165) is 33.3 Å². The summed E-state index contributed by atoms with van der Waals surface area (Å²) in [5, 5.41) is 0. The van der Waals surface area contributed by atoms with E-state index >= 15 is 0 Å². The third kappa shape index (κ3) is 4.60. The van der Waals surface area contributed by atoms with Crippen LogP contribution in [0.4, 0.5) is 0 Å². The van der Waals surface area contributed by atoms with Crippen LogP contribution in [0, 0.1) is 0 Å². The minimum Gasteiger partial charge on any atom is -0.172 e. The van der Waals surface area contributed by atoms with Crippen LogP contribution in [0.25, 0.3) is 97.3 Å². The monoisotopic (exact) mass is 718 g/mol. The summed E-state index contributed by atoms with van der Waals surface area (Å²) in [6.07, 6.45) is 0. The highest BCUT2D eigenvalue weighted by Gasteiger charge is 2.39. The zero-order valence-electron chi connectivity index (χ0n) is 28.5. The highest BCUT2D eigenvalue weighted by Crippen LogP contribution is 2.58. The maximum absolute atomic E-state index is 4.77. The van der Waals surface area contributed by atoms with E-state index in [1.807, 2.05) is 22.7 Å². The molecule has 0 fully saturated rings. The normalized spacial score (nSPS) is 13.3. The van der Waals surface area contributed by atoms with Gasteiger partial charge in [0.25, 0.3) is 0 Å². The molecule has 19 rings (SSSR count). The summed E-state index contributed by atoms with van der Waals surface area (Å²) >= 11 is 5.15. The Hall–Kier alpha value is -5.46. The number of hydrogen-bond acceptors (Lipinski definition) is 5. The molecule has 0 atom stereocenters. The van der Waals surface area contributed by atoms with Crippen molar-refractivity contribution in [2.24, 2.45) is 0 Å². The fraction of sp³-hybridized carbons (Fsp3) is 0.0638. The van der Waals surface area contributed by atoms with Gasteiger partial charge >= 0.3 is 0 Å². The average Bonchev–Trinajstić information content (AvgIpc) is 4.00. The molecule has 0 N–H and O–H groups in total. The highest BCUT2D eigenvalue weighted by atomic mass is 32.1. The molecule has 6 aromatic carbocycles. The molecule has 16 bridgehead atoms. The summed E-state index contributed by atoms with van der Waals surface area (Å²) in [5.41, 5.74) is 19.1. The number of nitrogens with zero attached hydrogens (tertiary/aromatic N) is 2. The third-order valence-electron chi connectivity index (χ3n) is 11.0. The molecule has 2 nitrogen and oxygen atoms in total. The Bertz CT molecular complexity index is 2820. The van der Waals surface area contributed by atoms with E-state index < -0.39 is 0 Å². The smallest absolute Gasteiger partial charge is 0.113 e. The van der Waals surface area contributed by atoms with Crippen LogP contribution in [0.5, 0.6) is 0 Å². The molecule has 0 saturated heterocycles. The van der Waals surface area contributed by atoms with Gasteiger partial charge in [0.2, 0.25) is 0 Å². The standard InChI is InChI=1S/C47H30N2S3/c1-47(2)39-25-41-35-19-11-31(12-20-35)28-5-3-27(4-6-28)29-7-15-33(16-8-29)37-23-24-38(44-43(37)48-52-49-44)34-17-9-30(10-18-34)32-13-21-36(22-14-32)42-26-40(47)46(51-42)45(39)50-41/h3-26H,1-2H3. The Kier molecular flexibility index (Phi) is 6.54. The highest BCUT2D eigenvalue weighted by molar-refractivity contribution is 7.25. The predicted molar refractivity (Wildman–Crippen MR) is 222 cm³/mol. The molecule has 0 radical (unpaired) electrons. The van der Waals surface area contributed by atoms with E-state index in [0.29, 0.717) is 0 Å². The quantitative estimate of drug-likeness (QED) is 0.156. The van der Waals surface area contributed by atoms with E-state index in [4.69, 9.17) is 8.75 Å². The minimum atomic E-state index is -0.0299. The molecule has 12 heterocycles. The summed E-state index contributed by atoms with van der Waals surface area (Å²) < 4.78 is 9.54. The van der Waals surface area contributed by atoms with Gasteiger partial charge in [-0.15, -0.1) is 22.7 Å². The zero-order valence-corrected chi connectivity index (χ0v) is 30.9. The van der Waals surface area contributed by atoms with Crippen molar-refractivity contribution < 1.29 is 0 Å². The lowest BCUT2D eigenvalue weighted by molar-refractivity contribution is 0.663. The molecule has 246 valence electrons. The van der Waals surface area contributed by atoms with Gasteiger partial charge in [-0.25, -0.2) is 0 Å². The summed E-state index contributed by atoms with van der Waals surface area (Å²) in [5.74, 6) is 0. The van der Waals surface area contributed by atoms with E-state index in [1.165, 1.54) is 86.9 Å². The van der Waals surface area contributed by atoms with Crippen LogP contribution in [0.2, 0.25) is 0 Å². The Morgan fingerprint density at radius 2 is 0.654 bits per heavy atom. The van der Waals surface area contributed by atoms with Crippen LogP contribution >= 0.6 is 34.4 Å². The van der Waals surface area contributed by atoms with Crippen molar-refractivity contribution in [2.75, 3.05) is 0 Å². The average molecular weight is 719 g/mol. The molecule has 0 spiro atoms. The van der Waals surface area contributed by atoms with E-state index in [9.17, 15) is 0 Å². The van der Waals surface area contributed by atoms with Crippen molar-refractivity contribution in [3.8, 4) is 86.3 Å². The Balaban J connectivity index is 1.04. The van der Waals surface area contributed by atoms with Crippen LogP contribution in [-0.4, -0.2) is 8.75 Å². The maximum Gasteiger partial charge on any atom is 0.113 e. The second kappa shape index (κ2) is 11.3. The van der Waals surface area contributed by atoms with Gasteiger partial charge in [-0.1, -0.05) is 147 Å². The van der Waals surface area contributed by atoms with Crippen molar-refractivity contribution >= 4 is 45.4 Å². The Labute approximate surface area is 314 Å². The molecule has 0 amide bonds. The second-order valence-electron chi connectivity index (χ2n) is 14.3. The number of rotatable bonds is 0. The summed E-state index contributed by atoms with van der Waals surface area (Å²) in [6.45, 7) is 4.76. The first-order valence-corrected chi connectivity index (χ1v) is 19.9. The summed E-state index contributed by atoms with van der Waals surface area (Å²) in [6, 6.07) is 54.1. The van der Waals surface area contributed by atoms with Gasteiger partial charge in [0, 0.05) is 36.1 Å². The van der Waals surface area contributed by atoms with Gasteiger partial charge in [0.1, 0.15) is 11.0 Å². The van der Waals surface area contributed by atoms with Crippen molar-refractivity contribution in [2.45, 2.75) is 19.3 Å². The van der Waals surface area contributed by atoms with Crippen molar-refractivity contribution in [1.29, 1.82) is 0 Å². The van der Waals surface area contributed by atoms with Crippen molar-refractivity contribution in [1.82, 2.24) is 8.75 Å². The van der Waals surface area contributed by atoms with Gasteiger partial charge in [-0.05, 0) is 78.9 Å². The van der Waals surface area contributed by atoms with Gasteiger partial charge in [-0.2, -0.15) is 8.75 Å². The summed E-state index contributed by atoms with van der Waals surface area (Å²) in [4.78, 5) is 5.52. The zero-order chi connectivity index (χ0) is 34.6. The van der Waals surface area contributed by atoms with Crippen LogP contribution in [0.15, 0.2) is 146 Å². The SMILES string of the molecule is CC1(C)c2cc3sc2-c2sc(cc21)-c1ccc(cc1)-c1ccc(cc1)-c1ccc(c2nsnc12)-c1ccc(cc1)-c1ccc(cc1)-c1ccc-3cc1. The molecule has 52 heavy (non-hydrogen) atoms. The van der Waals surface area contributed by atoms with Crippen LogP contribution in [0.3, 0.4) is 0 Å². The molecule has 9 aromatic rings. The van der Waals surface area contributed by atoms with Gasteiger partial charge in [0.15, 0.2) is 0 Å². The number of benzene rings is 6. The maximum atomic E-state index is 4.77. The number of thiophene rings is 2. The molecular weight excluding hydrogens is 689 g/mol. The van der Waals surface area contributed by atoms with E-state index in [2.05, 4.69) is 159 Å². The molecule has 0 saturated carbocycles. The van der Waals surface area contributed by atoms with E-state index in [1.54, 1.807) is 0 Å². The summed E-state index contributed by atoms with van der Waals surface area (Å²) in [7, 11) is 0.